The zero-order valence-electron chi connectivity index (χ0n) is 9.44. The number of benzene rings is 1. The van der Waals surface area contributed by atoms with Gasteiger partial charge in [-0.1, -0.05) is 26.8 Å². The van der Waals surface area contributed by atoms with Crippen molar-refractivity contribution in [1.82, 2.24) is 0 Å². The zero-order chi connectivity index (χ0) is 11.9. The van der Waals surface area contributed by atoms with E-state index in [0.717, 1.165) is 12.1 Å². The second-order valence-corrected chi connectivity index (χ2v) is 4.95. The molecule has 0 radical (unpaired) electrons. The van der Waals surface area contributed by atoms with Crippen LogP contribution >= 0.6 is 0 Å². The van der Waals surface area contributed by atoms with E-state index in [1.807, 2.05) is 0 Å². The van der Waals surface area contributed by atoms with Gasteiger partial charge in [-0.3, -0.25) is 0 Å². The molecule has 1 nitrogen and oxygen atoms in total. The minimum Gasteiger partial charge on any atom is -0.385 e. The van der Waals surface area contributed by atoms with Crippen LogP contribution in [0.4, 0.5) is 8.78 Å². The standard InChI is InChI=1S/C12H16F2O/c1-11(2,3)12(4,15)9-6-5-8(13)7-10(9)14/h5-7,15H,1-4H3. The highest BCUT2D eigenvalue weighted by atomic mass is 19.1. The third-order valence-corrected chi connectivity index (χ3v) is 2.92. The van der Waals surface area contributed by atoms with Crippen molar-refractivity contribution in [1.29, 1.82) is 0 Å². The predicted molar refractivity (Wildman–Crippen MR) is 55.4 cm³/mol. The summed E-state index contributed by atoms with van der Waals surface area (Å²) in [6.45, 7) is 6.94. The molecular formula is C12H16F2O. The fourth-order valence-corrected chi connectivity index (χ4v) is 1.29. The van der Waals surface area contributed by atoms with Crippen LogP contribution < -0.4 is 0 Å². The Bertz CT molecular complexity index is 364. The van der Waals surface area contributed by atoms with Gasteiger partial charge in [-0.15, -0.1) is 0 Å². The molecule has 0 saturated heterocycles. The van der Waals surface area contributed by atoms with E-state index in [1.54, 1.807) is 20.8 Å². The van der Waals surface area contributed by atoms with Crippen molar-refractivity contribution in [2.45, 2.75) is 33.3 Å². The van der Waals surface area contributed by atoms with Gasteiger partial charge in [0.25, 0.3) is 0 Å². The zero-order valence-corrected chi connectivity index (χ0v) is 9.44. The molecule has 0 fully saturated rings. The molecule has 3 heteroatoms. The Morgan fingerprint density at radius 3 is 2.00 bits per heavy atom. The topological polar surface area (TPSA) is 20.2 Å². The van der Waals surface area contributed by atoms with Crippen LogP contribution in [0.2, 0.25) is 0 Å². The van der Waals surface area contributed by atoms with Crippen LogP contribution in [0.5, 0.6) is 0 Å². The largest absolute Gasteiger partial charge is 0.385 e. The predicted octanol–water partition coefficient (Wildman–Crippen LogP) is 3.22. The molecule has 0 saturated carbocycles. The molecule has 1 unspecified atom stereocenters. The van der Waals surface area contributed by atoms with Crippen LogP contribution in [0.15, 0.2) is 18.2 Å². The maximum atomic E-state index is 13.5. The molecule has 0 amide bonds. The second-order valence-electron chi connectivity index (χ2n) is 4.95. The molecule has 0 bridgehead atoms. The lowest BCUT2D eigenvalue weighted by Crippen LogP contribution is -2.37. The average Bonchev–Trinajstić information content (AvgIpc) is 2.00. The van der Waals surface area contributed by atoms with Crippen LogP contribution in [0, 0.1) is 17.0 Å². The highest BCUT2D eigenvalue weighted by Gasteiger charge is 2.38. The van der Waals surface area contributed by atoms with Crippen molar-refractivity contribution in [2.24, 2.45) is 5.41 Å². The monoisotopic (exact) mass is 214 g/mol. The normalized spacial score (nSPS) is 16.2. The van der Waals surface area contributed by atoms with E-state index in [1.165, 1.54) is 13.0 Å². The summed E-state index contributed by atoms with van der Waals surface area (Å²) in [5, 5.41) is 10.2. The van der Waals surface area contributed by atoms with Gasteiger partial charge in [0, 0.05) is 11.6 Å². The second kappa shape index (κ2) is 3.56. The summed E-state index contributed by atoms with van der Waals surface area (Å²) in [6, 6.07) is 3.23. The van der Waals surface area contributed by atoms with E-state index < -0.39 is 22.7 Å². The molecular weight excluding hydrogens is 198 g/mol. The summed E-state index contributed by atoms with van der Waals surface area (Å²) in [6.07, 6.45) is 0. The quantitative estimate of drug-likeness (QED) is 0.761. The van der Waals surface area contributed by atoms with Crippen LogP contribution in [0.3, 0.4) is 0 Å². The van der Waals surface area contributed by atoms with E-state index in [4.69, 9.17) is 0 Å². The first-order valence-corrected chi connectivity index (χ1v) is 4.84. The van der Waals surface area contributed by atoms with E-state index >= 15 is 0 Å². The molecule has 0 heterocycles. The smallest absolute Gasteiger partial charge is 0.132 e. The van der Waals surface area contributed by atoms with Gasteiger partial charge in [0.05, 0.1) is 5.60 Å². The summed E-state index contributed by atoms with van der Waals surface area (Å²) in [5.74, 6) is -1.35. The summed E-state index contributed by atoms with van der Waals surface area (Å²) >= 11 is 0. The van der Waals surface area contributed by atoms with E-state index in [-0.39, 0.29) is 5.56 Å². The SMILES string of the molecule is CC(C)(C)C(C)(O)c1ccc(F)cc1F. The lowest BCUT2D eigenvalue weighted by atomic mass is 9.73. The van der Waals surface area contributed by atoms with Gasteiger partial charge in [0.15, 0.2) is 0 Å². The number of halogens is 2. The first kappa shape index (κ1) is 12.1. The Labute approximate surface area is 88.7 Å². The Morgan fingerprint density at radius 2 is 1.60 bits per heavy atom. The van der Waals surface area contributed by atoms with E-state index in [0.29, 0.717) is 0 Å². The van der Waals surface area contributed by atoms with E-state index in [9.17, 15) is 13.9 Å². The molecule has 1 aromatic carbocycles. The Hall–Kier alpha value is -0.960. The molecule has 0 aliphatic carbocycles. The Morgan fingerprint density at radius 1 is 1.07 bits per heavy atom. The number of hydrogen-bond donors (Lipinski definition) is 1. The third-order valence-electron chi connectivity index (χ3n) is 2.92. The highest BCUT2D eigenvalue weighted by molar-refractivity contribution is 5.26. The molecule has 0 spiro atoms. The van der Waals surface area contributed by atoms with Gasteiger partial charge < -0.3 is 5.11 Å². The molecule has 84 valence electrons. The summed E-state index contributed by atoms with van der Waals surface area (Å²) < 4.78 is 26.2. The van der Waals surface area contributed by atoms with Crippen molar-refractivity contribution < 1.29 is 13.9 Å². The Balaban J connectivity index is 3.28. The van der Waals surface area contributed by atoms with Gasteiger partial charge >= 0.3 is 0 Å². The summed E-state index contributed by atoms with van der Waals surface area (Å²) in [7, 11) is 0. The van der Waals surface area contributed by atoms with Crippen molar-refractivity contribution in [3.63, 3.8) is 0 Å². The number of aliphatic hydroxyl groups is 1. The molecule has 0 aromatic heterocycles. The lowest BCUT2D eigenvalue weighted by Gasteiger charge is -2.37. The molecule has 1 rings (SSSR count). The van der Waals surface area contributed by atoms with Crippen LogP contribution in [-0.4, -0.2) is 5.11 Å². The molecule has 0 aliphatic rings. The first-order valence-electron chi connectivity index (χ1n) is 4.84. The van der Waals surface area contributed by atoms with Gasteiger partial charge in [-0.25, -0.2) is 8.78 Å². The minimum absolute atomic E-state index is 0.122. The third kappa shape index (κ3) is 2.17. The van der Waals surface area contributed by atoms with E-state index in [2.05, 4.69) is 0 Å². The van der Waals surface area contributed by atoms with Crippen LogP contribution in [-0.2, 0) is 5.60 Å². The van der Waals surface area contributed by atoms with Crippen LogP contribution in [0.1, 0.15) is 33.3 Å². The lowest BCUT2D eigenvalue weighted by molar-refractivity contribution is -0.0497. The van der Waals surface area contributed by atoms with Gasteiger partial charge in [-0.2, -0.15) is 0 Å². The highest BCUT2D eigenvalue weighted by Crippen LogP contribution is 2.39. The average molecular weight is 214 g/mol. The van der Waals surface area contributed by atoms with Crippen LogP contribution in [0.25, 0.3) is 0 Å². The Kier molecular flexibility index (Phi) is 2.88. The number of rotatable bonds is 1. The molecule has 1 atom stereocenters. The maximum absolute atomic E-state index is 13.5. The summed E-state index contributed by atoms with van der Waals surface area (Å²) in [4.78, 5) is 0. The molecule has 1 aromatic rings. The van der Waals surface area contributed by atoms with Crippen molar-refractivity contribution in [3.05, 3.63) is 35.4 Å². The molecule has 15 heavy (non-hydrogen) atoms. The van der Waals surface area contributed by atoms with Gasteiger partial charge in [0.1, 0.15) is 11.6 Å². The molecule has 1 N–H and O–H groups in total. The van der Waals surface area contributed by atoms with Gasteiger partial charge in [0.2, 0.25) is 0 Å². The number of hydrogen-bond acceptors (Lipinski definition) is 1. The van der Waals surface area contributed by atoms with Crippen molar-refractivity contribution in [2.75, 3.05) is 0 Å². The fraction of sp³-hybridized carbons (Fsp3) is 0.500. The minimum atomic E-state index is -1.33. The first-order chi connectivity index (χ1) is 6.66. The van der Waals surface area contributed by atoms with Crippen molar-refractivity contribution in [3.8, 4) is 0 Å². The van der Waals surface area contributed by atoms with Crippen molar-refractivity contribution >= 4 is 0 Å². The van der Waals surface area contributed by atoms with Gasteiger partial charge in [-0.05, 0) is 18.4 Å². The fourth-order valence-electron chi connectivity index (χ4n) is 1.29. The summed E-state index contributed by atoms with van der Waals surface area (Å²) in [5.41, 5.74) is -1.73. The maximum Gasteiger partial charge on any atom is 0.132 e. The molecule has 0 aliphatic heterocycles.